The lowest BCUT2D eigenvalue weighted by Gasteiger charge is -2.19. The van der Waals surface area contributed by atoms with Crippen LogP contribution in [0.4, 0.5) is 17.6 Å². The molecule has 0 aliphatic heterocycles. The maximum Gasteiger partial charge on any atom is 0.196 e. The first kappa shape index (κ1) is 13.4. The first-order chi connectivity index (χ1) is 7.15. The predicted molar refractivity (Wildman–Crippen MR) is 56.6 cm³/mol. The van der Waals surface area contributed by atoms with Crippen molar-refractivity contribution in [2.24, 2.45) is 0 Å². The predicted octanol–water partition coefficient (Wildman–Crippen LogP) is 4.44. The number of halogens is 4. The Morgan fingerprint density at radius 1 is 0.812 bits per heavy atom. The van der Waals surface area contributed by atoms with Crippen LogP contribution in [0.15, 0.2) is 4.90 Å². The minimum absolute atomic E-state index is 0.469. The second kappa shape index (κ2) is 4.28. The Morgan fingerprint density at radius 2 is 1.31 bits per heavy atom. The van der Waals surface area contributed by atoms with E-state index in [4.69, 9.17) is 0 Å². The van der Waals surface area contributed by atoms with Gasteiger partial charge >= 0.3 is 0 Å². The van der Waals surface area contributed by atoms with Gasteiger partial charge in [-0.15, -0.1) is 11.8 Å². The van der Waals surface area contributed by atoms with Crippen LogP contribution in [0.2, 0.25) is 0 Å². The zero-order valence-corrected chi connectivity index (χ0v) is 10.2. The summed E-state index contributed by atoms with van der Waals surface area (Å²) in [7, 11) is 0. The Kier molecular flexibility index (Phi) is 3.57. The lowest BCUT2D eigenvalue weighted by Crippen LogP contribution is -2.11. The Morgan fingerprint density at radius 3 is 1.75 bits per heavy atom. The molecule has 5 heteroatoms. The fourth-order valence-corrected chi connectivity index (χ4v) is 2.15. The molecule has 0 saturated carbocycles. The second-order valence-corrected chi connectivity index (χ2v) is 6.26. The van der Waals surface area contributed by atoms with Crippen molar-refractivity contribution in [2.45, 2.75) is 37.3 Å². The summed E-state index contributed by atoms with van der Waals surface area (Å²) in [6.07, 6.45) is 0. The van der Waals surface area contributed by atoms with Gasteiger partial charge in [0, 0.05) is 10.3 Å². The maximum atomic E-state index is 13.6. The van der Waals surface area contributed by atoms with Crippen LogP contribution in [0.25, 0.3) is 0 Å². The highest BCUT2D eigenvalue weighted by molar-refractivity contribution is 8.00. The van der Waals surface area contributed by atoms with Crippen LogP contribution in [0, 0.1) is 30.2 Å². The average molecular weight is 252 g/mol. The van der Waals surface area contributed by atoms with Gasteiger partial charge in [-0.2, -0.15) is 0 Å². The summed E-state index contributed by atoms with van der Waals surface area (Å²) in [5.41, 5.74) is -0.495. The summed E-state index contributed by atoms with van der Waals surface area (Å²) in [6.45, 7) is 6.27. The number of rotatable bonds is 1. The van der Waals surface area contributed by atoms with Crippen molar-refractivity contribution >= 4 is 11.8 Å². The van der Waals surface area contributed by atoms with Gasteiger partial charge in [0.2, 0.25) is 0 Å². The lowest BCUT2D eigenvalue weighted by atomic mass is 10.2. The standard InChI is InChI=1S/C11H12F4S/c1-5-6(12)8(14)9(15)10(7(5)13)16-11(2,3)4/h1-4H3. The minimum Gasteiger partial charge on any atom is -0.205 e. The Labute approximate surface area is 96.0 Å². The first-order valence-corrected chi connectivity index (χ1v) is 5.48. The molecule has 1 rings (SSSR count). The van der Waals surface area contributed by atoms with E-state index in [1.807, 2.05) is 0 Å². The third-order valence-electron chi connectivity index (χ3n) is 1.85. The summed E-state index contributed by atoms with van der Waals surface area (Å²) in [5, 5.41) is 0. The van der Waals surface area contributed by atoms with Crippen LogP contribution in [0.5, 0.6) is 0 Å². The van der Waals surface area contributed by atoms with Crippen LogP contribution in [0.1, 0.15) is 26.3 Å². The highest BCUT2D eigenvalue weighted by Gasteiger charge is 2.26. The molecule has 0 bridgehead atoms. The molecule has 0 N–H and O–H groups in total. The van der Waals surface area contributed by atoms with Crippen molar-refractivity contribution in [3.05, 3.63) is 28.8 Å². The molecule has 0 nitrogen and oxygen atoms in total. The average Bonchev–Trinajstić information content (AvgIpc) is 2.17. The van der Waals surface area contributed by atoms with Gasteiger partial charge in [0.25, 0.3) is 0 Å². The van der Waals surface area contributed by atoms with E-state index in [0.29, 0.717) is 0 Å². The van der Waals surface area contributed by atoms with Crippen LogP contribution in [0.3, 0.4) is 0 Å². The van der Waals surface area contributed by atoms with Crippen molar-refractivity contribution in [2.75, 3.05) is 0 Å². The number of thioether (sulfide) groups is 1. The molecule has 0 unspecified atom stereocenters. The van der Waals surface area contributed by atoms with Crippen LogP contribution in [-0.4, -0.2) is 4.75 Å². The molecule has 0 heterocycles. The first-order valence-electron chi connectivity index (χ1n) is 4.66. The summed E-state index contributed by atoms with van der Waals surface area (Å²) in [4.78, 5) is -0.469. The molecule has 16 heavy (non-hydrogen) atoms. The molecule has 0 saturated heterocycles. The van der Waals surface area contributed by atoms with E-state index in [0.717, 1.165) is 18.7 Å². The molecule has 1 aromatic carbocycles. The second-order valence-electron chi connectivity index (χ2n) is 4.42. The van der Waals surface area contributed by atoms with Gasteiger partial charge in [-0.05, 0) is 6.92 Å². The Bertz CT molecular complexity index is 392. The van der Waals surface area contributed by atoms with Gasteiger partial charge in [0.15, 0.2) is 17.5 Å². The summed E-state index contributed by atoms with van der Waals surface area (Å²) < 4.78 is 52.5. The third-order valence-corrected chi connectivity index (χ3v) is 3.03. The van der Waals surface area contributed by atoms with Crippen LogP contribution >= 0.6 is 11.8 Å². The van der Waals surface area contributed by atoms with Crippen molar-refractivity contribution < 1.29 is 17.6 Å². The van der Waals surface area contributed by atoms with Crippen LogP contribution < -0.4 is 0 Å². The molecular weight excluding hydrogens is 240 g/mol. The van der Waals surface area contributed by atoms with Gasteiger partial charge in [0.1, 0.15) is 5.82 Å². The van der Waals surface area contributed by atoms with E-state index in [2.05, 4.69) is 0 Å². The van der Waals surface area contributed by atoms with Gasteiger partial charge in [-0.3, -0.25) is 0 Å². The van der Waals surface area contributed by atoms with E-state index < -0.39 is 38.5 Å². The highest BCUT2D eigenvalue weighted by Crippen LogP contribution is 2.38. The topological polar surface area (TPSA) is 0 Å². The molecular formula is C11H12F4S. The van der Waals surface area contributed by atoms with Crippen molar-refractivity contribution in [1.29, 1.82) is 0 Å². The molecule has 90 valence electrons. The van der Waals surface area contributed by atoms with E-state index in [1.165, 1.54) is 0 Å². The highest BCUT2D eigenvalue weighted by atomic mass is 32.2. The molecule has 0 aliphatic rings. The molecule has 0 radical (unpaired) electrons. The smallest absolute Gasteiger partial charge is 0.196 e. The fraction of sp³-hybridized carbons (Fsp3) is 0.455. The molecule has 0 aliphatic carbocycles. The van der Waals surface area contributed by atoms with Crippen molar-refractivity contribution in [3.63, 3.8) is 0 Å². The molecule has 0 spiro atoms. The normalized spacial score (nSPS) is 12.0. The van der Waals surface area contributed by atoms with Gasteiger partial charge < -0.3 is 0 Å². The maximum absolute atomic E-state index is 13.6. The van der Waals surface area contributed by atoms with E-state index in [-0.39, 0.29) is 0 Å². The molecule has 1 aromatic rings. The monoisotopic (exact) mass is 252 g/mol. The quantitative estimate of drug-likeness (QED) is 0.308. The zero-order chi connectivity index (χ0) is 12.7. The minimum atomic E-state index is -1.62. The Hall–Kier alpha value is -0.710. The van der Waals surface area contributed by atoms with Crippen molar-refractivity contribution in [1.82, 2.24) is 0 Å². The SMILES string of the molecule is Cc1c(F)c(F)c(F)c(SC(C)(C)C)c1F. The van der Waals surface area contributed by atoms with Gasteiger partial charge in [-0.25, -0.2) is 17.6 Å². The van der Waals surface area contributed by atoms with Gasteiger partial charge in [0.05, 0.1) is 4.90 Å². The lowest BCUT2D eigenvalue weighted by molar-refractivity contribution is 0.409. The molecule has 0 amide bonds. The third kappa shape index (κ3) is 2.51. The van der Waals surface area contributed by atoms with E-state index >= 15 is 0 Å². The number of benzene rings is 1. The van der Waals surface area contributed by atoms with Crippen molar-refractivity contribution in [3.8, 4) is 0 Å². The summed E-state index contributed by atoms with van der Waals surface area (Å²) >= 11 is 0.834. The van der Waals surface area contributed by atoms with Crippen LogP contribution in [-0.2, 0) is 0 Å². The Balaban J connectivity index is 3.40. The largest absolute Gasteiger partial charge is 0.205 e. The zero-order valence-electron chi connectivity index (χ0n) is 9.42. The van der Waals surface area contributed by atoms with E-state index in [9.17, 15) is 17.6 Å². The van der Waals surface area contributed by atoms with Gasteiger partial charge in [-0.1, -0.05) is 20.8 Å². The van der Waals surface area contributed by atoms with E-state index in [1.54, 1.807) is 20.8 Å². The number of hydrogen-bond acceptors (Lipinski definition) is 1. The molecule has 0 aromatic heterocycles. The molecule has 0 fully saturated rings. The fourth-order valence-electron chi connectivity index (χ4n) is 1.12. The summed E-state index contributed by atoms with van der Waals surface area (Å²) in [6, 6.07) is 0. The summed E-state index contributed by atoms with van der Waals surface area (Å²) in [5.74, 6) is -5.57. The number of hydrogen-bond donors (Lipinski definition) is 0. The molecule has 0 atom stereocenters.